The molecular formula is C18H29N5O. The van der Waals surface area contributed by atoms with Crippen LogP contribution in [-0.4, -0.2) is 25.5 Å². The molecule has 0 aliphatic carbocycles. The third kappa shape index (κ3) is 3.68. The Kier molecular flexibility index (Phi) is 5.47. The monoisotopic (exact) mass is 331 g/mol. The summed E-state index contributed by atoms with van der Waals surface area (Å²) in [7, 11) is 1.81. The molecule has 1 N–H and O–H groups in total. The highest BCUT2D eigenvalue weighted by Crippen LogP contribution is 2.22. The minimum absolute atomic E-state index is 0.0961. The van der Waals surface area contributed by atoms with Crippen LogP contribution in [0.3, 0.4) is 0 Å². The van der Waals surface area contributed by atoms with Gasteiger partial charge in [0.2, 0.25) is 0 Å². The first-order valence-electron chi connectivity index (χ1n) is 8.62. The van der Waals surface area contributed by atoms with E-state index >= 15 is 0 Å². The molecule has 2 rings (SSSR count). The molecule has 0 aliphatic rings. The fraction of sp³-hybridized carbons (Fsp3) is 0.611. The minimum Gasteiger partial charge on any atom is -0.344 e. The molecule has 1 amide bonds. The maximum atomic E-state index is 12.6. The first-order valence-corrected chi connectivity index (χ1v) is 8.62. The Hall–Kier alpha value is -2.11. The number of aromatic nitrogens is 4. The Balaban J connectivity index is 2.18. The van der Waals surface area contributed by atoms with Crippen molar-refractivity contribution in [2.45, 2.75) is 60.5 Å². The summed E-state index contributed by atoms with van der Waals surface area (Å²) in [4.78, 5) is 12.6. The van der Waals surface area contributed by atoms with Crippen LogP contribution in [0.4, 0.5) is 0 Å². The van der Waals surface area contributed by atoms with Crippen molar-refractivity contribution in [3.8, 4) is 0 Å². The molecule has 0 unspecified atom stereocenters. The molecule has 0 bridgehead atoms. The van der Waals surface area contributed by atoms with Crippen molar-refractivity contribution in [1.82, 2.24) is 24.9 Å². The standard InChI is InChI=1S/C18H29N5O/c1-8-23-14(6)17(13(5)20-23)12(4)19-18(24)16-10-15(9-11(2)3)21-22(16)7/h10-12H,8-9H2,1-7H3,(H,19,24)/t12-/m1/s1. The average Bonchev–Trinajstić information content (AvgIpc) is 2.97. The largest absolute Gasteiger partial charge is 0.344 e. The summed E-state index contributed by atoms with van der Waals surface area (Å²) < 4.78 is 3.63. The molecule has 2 heterocycles. The fourth-order valence-electron chi connectivity index (χ4n) is 3.25. The fourth-order valence-corrected chi connectivity index (χ4v) is 3.25. The lowest BCUT2D eigenvalue weighted by Crippen LogP contribution is -2.29. The third-order valence-electron chi connectivity index (χ3n) is 4.30. The number of carbonyl (C=O) groups is 1. The van der Waals surface area contributed by atoms with Crippen LogP contribution in [0, 0.1) is 19.8 Å². The molecular weight excluding hydrogens is 302 g/mol. The first kappa shape index (κ1) is 18.2. The highest BCUT2D eigenvalue weighted by Gasteiger charge is 2.21. The first-order chi connectivity index (χ1) is 11.2. The molecule has 0 aromatic carbocycles. The normalized spacial score (nSPS) is 12.7. The quantitative estimate of drug-likeness (QED) is 0.885. The number of amides is 1. The molecule has 0 saturated heterocycles. The molecule has 0 aliphatic heterocycles. The van der Waals surface area contributed by atoms with Crippen molar-refractivity contribution in [3.05, 3.63) is 34.4 Å². The number of hydrogen-bond acceptors (Lipinski definition) is 3. The van der Waals surface area contributed by atoms with Crippen LogP contribution in [0.1, 0.15) is 66.9 Å². The molecule has 6 nitrogen and oxygen atoms in total. The predicted octanol–water partition coefficient (Wildman–Crippen LogP) is 2.94. The smallest absolute Gasteiger partial charge is 0.270 e. The summed E-state index contributed by atoms with van der Waals surface area (Å²) >= 11 is 0. The predicted molar refractivity (Wildman–Crippen MR) is 95.0 cm³/mol. The Labute approximate surface area is 144 Å². The Morgan fingerprint density at radius 1 is 1.25 bits per heavy atom. The number of hydrogen-bond donors (Lipinski definition) is 1. The highest BCUT2D eigenvalue weighted by atomic mass is 16.2. The molecule has 2 aromatic heterocycles. The van der Waals surface area contributed by atoms with Crippen molar-refractivity contribution in [1.29, 1.82) is 0 Å². The number of rotatable bonds is 6. The van der Waals surface area contributed by atoms with E-state index in [-0.39, 0.29) is 11.9 Å². The second kappa shape index (κ2) is 7.20. The lowest BCUT2D eigenvalue weighted by Gasteiger charge is -2.15. The van der Waals surface area contributed by atoms with Crippen molar-refractivity contribution in [2.75, 3.05) is 0 Å². The lowest BCUT2D eigenvalue weighted by molar-refractivity contribution is 0.0930. The van der Waals surface area contributed by atoms with Crippen molar-refractivity contribution in [2.24, 2.45) is 13.0 Å². The minimum atomic E-state index is -0.101. The molecule has 0 saturated carbocycles. The van der Waals surface area contributed by atoms with Gasteiger partial charge < -0.3 is 5.32 Å². The topological polar surface area (TPSA) is 64.7 Å². The van der Waals surface area contributed by atoms with E-state index in [0.29, 0.717) is 11.6 Å². The van der Waals surface area contributed by atoms with Gasteiger partial charge in [0.15, 0.2) is 0 Å². The maximum absolute atomic E-state index is 12.6. The van der Waals surface area contributed by atoms with Gasteiger partial charge in [0.1, 0.15) is 5.69 Å². The Bertz CT molecular complexity index is 726. The van der Waals surface area contributed by atoms with Gasteiger partial charge in [0, 0.05) is 24.8 Å². The number of aryl methyl sites for hydroxylation is 3. The van der Waals surface area contributed by atoms with E-state index in [1.807, 2.05) is 38.6 Å². The van der Waals surface area contributed by atoms with Gasteiger partial charge in [0.25, 0.3) is 5.91 Å². The molecule has 6 heteroatoms. The van der Waals surface area contributed by atoms with Gasteiger partial charge in [-0.2, -0.15) is 10.2 Å². The van der Waals surface area contributed by atoms with Crippen molar-refractivity contribution < 1.29 is 4.79 Å². The van der Waals surface area contributed by atoms with Crippen LogP contribution >= 0.6 is 0 Å². The van der Waals surface area contributed by atoms with E-state index in [2.05, 4.69) is 36.3 Å². The van der Waals surface area contributed by atoms with Crippen LogP contribution in [0.25, 0.3) is 0 Å². The molecule has 0 radical (unpaired) electrons. The van der Waals surface area contributed by atoms with Gasteiger partial charge in [-0.05, 0) is 46.1 Å². The zero-order valence-electron chi connectivity index (χ0n) is 15.8. The molecule has 2 aromatic rings. The van der Waals surface area contributed by atoms with Crippen LogP contribution < -0.4 is 5.32 Å². The maximum Gasteiger partial charge on any atom is 0.270 e. The van der Waals surface area contributed by atoms with E-state index in [1.165, 1.54) is 0 Å². The third-order valence-corrected chi connectivity index (χ3v) is 4.30. The average molecular weight is 331 g/mol. The van der Waals surface area contributed by atoms with Gasteiger partial charge in [-0.25, -0.2) is 0 Å². The summed E-state index contributed by atoms with van der Waals surface area (Å²) in [5.74, 6) is 0.412. The van der Waals surface area contributed by atoms with Gasteiger partial charge in [0.05, 0.1) is 17.4 Å². The van der Waals surface area contributed by atoms with Gasteiger partial charge in [-0.15, -0.1) is 0 Å². The molecule has 132 valence electrons. The Morgan fingerprint density at radius 3 is 2.46 bits per heavy atom. The van der Waals surface area contributed by atoms with E-state index in [1.54, 1.807) is 4.68 Å². The van der Waals surface area contributed by atoms with Crippen molar-refractivity contribution >= 4 is 5.91 Å². The van der Waals surface area contributed by atoms with Crippen LogP contribution in [0.2, 0.25) is 0 Å². The Morgan fingerprint density at radius 2 is 1.92 bits per heavy atom. The van der Waals surface area contributed by atoms with E-state index in [9.17, 15) is 4.79 Å². The molecule has 0 spiro atoms. The number of nitrogens with one attached hydrogen (secondary N) is 1. The summed E-state index contributed by atoms with van der Waals surface area (Å²) in [5, 5.41) is 12.1. The van der Waals surface area contributed by atoms with E-state index < -0.39 is 0 Å². The summed E-state index contributed by atoms with van der Waals surface area (Å²) in [6.07, 6.45) is 0.873. The van der Waals surface area contributed by atoms with Gasteiger partial charge >= 0.3 is 0 Å². The number of nitrogens with zero attached hydrogens (tertiary/aromatic N) is 4. The summed E-state index contributed by atoms with van der Waals surface area (Å²) in [5.41, 5.74) is 4.71. The summed E-state index contributed by atoms with van der Waals surface area (Å²) in [6.45, 7) is 13.2. The number of carbonyl (C=O) groups excluding carboxylic acids is 1. The molecule has 0 fully saturated rings. The van der Waals surface area contributed by atoms with Crippen LogP contribution in [0.15, 0.2) is 6.07 Å². The SMILES string of the molecule is CCn1nc(C)c([C@@H](C)NC(=O)c2cc(CC(C)C)nn2C)c1C. The highest BCUT2D eigenvalue weighted by molar-refractivity contribution is 5.93. The van der Waals surface area contributed by atoms with Gasteiger partial charge in [-0.3, -0.25) is 14.2 Å². The van der Waals surface area contributed by atoms with E-state index in [0.717, 1.165) is 35.6 Å². The lowest BCUT2D eigenvalue weighted by atomic mass is 10.1. The zero-order chi connectivity index (χ0) is 18.0. The van der Waals surface area contributed by atoms with Gasteiger partial charge in [-0.1, -0.05) is 13.8 Å². The second-order valence-electron chi connectivity index (χ2n) is 6.84. The zero-order valence-corrected chi connectivity index (χ0v) is 15.8. The second-order valence-corrected chi connectivity index (χ2v) is 6.84. The van der Waals surface area contributed by atoms with Crippen LogP contribution in [0.5, 0.6) is 0 Å². The molecule has 24 heavy (non-hydrogen) atoms. The van der Waals surface area contributed by atoms with Crippen LogP contribution in [-0.2, 0) is 20.0 Å². The molecule has 1 atom stereocenters. The van der Waals surface area contributed by atoms with E-state index in [4.69, 9.17) is 0 Å². The van der Waals surface area contributed by atoms with Crippen molar-refractivity contribution in [3.63, 3.8) is 0 Å². The summed E-state index contributed by atoms with van der Waals surface area (Å²) in [6, 6.07) is 1.79.